The monoisotopic (exact) mass is 426 g/mol. The van der Waals surface area contributed by atoms with E-state index in [4.69, 9.17) is 0 Å². The van der Waals surface area contributed by atoms with Crippen molar-refractivity contribution in [3.63, 3.8) is 0 Å². The molecule has 4 heteroatoms. The van der Waals surface area contributed by atoms with Crippen LogP contribution in [0.25, 0.3) is 0 Å². The Kier molecular flexibility index (Phi) is 7.30. The van der Waals surface area contributed by atoms with Gasteiger partial charge in [0, 0.05) is 17.3 Å². The summed E-state index contributed by atoms with van der Waals surface area (Å²) < 4.78 is 14.2. The highest BCUT2D eigenvalue weighted by molar-refractivity contribution is 7.95. The van der Waals surface area contributed by atoms with Crippen LogP contribution in [-0.2, 0) is 9.98 Å². The molecular formula is C26H35O3P. The van der Waals surface area contributed by atoms with Crippen LogP contribution in [0.5, 0.6) is 0 Å². The highest BCUT2D eigenvalue weighted by atomic mass is 31.2. The first-order chi connectivity index (χ1) is 13.8. The van der Waals surface area contributed by atoms with E-state index in [1.54, 1.807) is 0 Å². The van der Waals surface area contributed by atoms with Gasteiger partial charge in [0.15, 0.2) is 0 Å². The zero-order valence-electron chi connectivity index (χ0n) is 19.7. The molecule has 162 valence electrons. The second kappa shape index (κ2) is 9.02. The van der Waals surface area contributed by atoms with E-state index in [1.165, 1.54) is 0 Å². The van der Waals surface area contributed by atoms with Gasteiger partial charge in [-0.1, -0.05) is 64.4 Å². The lowest BCUT2D eigenvalue weighted by molar-refractivity contribution is 0.103. The van der Waals surface area contributed by atoms with Gasteiger partial charge in [-0.3, -0.25) is 9.59 Å². The molecule has 1 unspecified atom stereocenters. The fraction of sp³-hybridized carbons (Fsp3) is 0.462. The van der Waals surface area contributed by atoms with Crippen molar-refractivity contribution >= 4 is 18.2 Å². The fourth-order valence-electron chi connectivity index (χ4n) is 3.92. The maximum atomic E-state index is 14.2. The largest absolute Gasteiger partial charge is 0.307 e. The molecule has 0 aliphatic heterocycles. The molecule has 0 heterocycles. The number of rotatable bonds is 7. The highest BCUT2D eigenvalue weighted by Crippen LogP contribution is 2.54. The molecule has 0 aromatic heterocycles. The first-order valence-corrected chi connectivity index (χ1v) is 12.6. The van der Waals surface area contributed by atoms with Gasteiger partial charge >= 0.3 is 0 Å². The molecule has 3 nitrogen and oxygen atoms in total. The summed E-state index contributed by atoms with van der Waals surface area (Å²) >= 11 is 0. The van der Waals surface area contributed by atoms with Crippen LogP contribution in [0.2, 0.25) is 0 Å². The average Bonchev–Trinajstić information content (AvgIpc) is 2.64. The van der Waals surface area contributed by atoms with E-state index in [-0.39, 0.29) is 11.6 Å². The fourth-order valence-corrected chi connectivity index (χ4v) is 6.70. The third-order valence-corrected chi connectivity index (χ3v) is 8.50. The zero-order chi connectivity index (χ0) is 22.9. The second-order valence-corrected chi connectivity index (χ2v) is 12.2. The van der Waals surface area contributed by atoms with Crippen LogP contribution in [0.1, 0.15) is 89.1 Å². The van der Waals surface area contributed by atoms with Gasteiger partial charge in [-0.25, -0.2) is 0 Å². The first-order valence-electron chi connectivity index (χ1n) is 10.7. The van der Waals surface area contributed by atoms with E-state index in [0.717, 1.165) is 34.2 Å². The van der Waals surface area contributed by atoms with E-state index < -0.39 is 18.2 Å². The third-order valence-electron chi connectivity index (χ3n) is 5.79. The summed E-state index contributed by atoms with van der Waals surface area (Å²) in [5, 5.41) is 0. The molecular weight excluding hydrogens is 391 g/mol. The molecule has 0 bridgehead atoms. The minimum Gasteiger partial charge on any atom is -0.307 e. The van der Waals surface area contributed by atoms with Gasteiger partial charge in [0.05, 0.1) is 0 Å². The lowest BCUT2D eigenvalue weighted by Gasteiger charge is -2.24. The normalized spacial score (nSPS) is 13.7. The van der Waals surface area contributed by atoms with Gasteiger partial charge in [-0.2, -0.15) is 0 Å². The van der Waals surface area contributed by atoms with Crippen molar-refractivity contribution in [2.24, 2.45) is 0 Å². The molecule has 0 saturated carbocycles. The van der Waals surface area contributed by atoms with Crippen molar-refractivity contribution in [3.05, 3.63) is 69.3 Å². The summed E-state index contributed by atoms with van der Waals surface area (Å²) in [4.78, 5) is 27.3. The van der Waals surface area contributed by atoms with Gasteiger partial charge in [0.2, 0.25) is 18.2 Å². The summed E-state index contributed by atoms with van der Waals surface area (Å²) in [6.07, 6.45) is 1.48. The highest BCUT2D eigenvalue weighted by Gasteiger charge is 2.42. The Balaban J connectivity index is 2.66. The minimum absolute atomic E-state index is 0.0584. The summed E-state index contributed by atoms with van der Waals surface area (Å²) in [5.74, 6) is 0. The van der Waals surface area contributed by atoms with Crippen molar-refractivity contribution < 1.29 is 14.2 Å². The third kappa shape index (κ3) is 4.67. The Morgan fingerprint density at radius 1 is 0.833 bits per heavy atom. The summed E-state index contributed by atoms with van der Waals surface area (Å²) in [6.45, 7) is 15.8. The van der Waals surface area contributed by atoms with Gasteiger partial charge in [0.1, 0.15) is 0 Å². The Bertz CT molecular complexity index is 982. The topological polar surface area (TPSA) is 51.2 Å². The quantitative estimate of drug-likeness (QED) is 0.435. The SMILES string of the molecule is CCCCP(=O)(C(=O)c1c(C)cccc1C)C(=O)c1c(C)cc(C(C)(C)C)cc1C. The van der Waals surface area contributed by atoms with Crippen LogP contribution in [0.15, 0.2) is 30.3 Å². The molecule has 0 amide bonds. The van der Waals surface area contributed by atoms with Crippen LogP contribution in [-0.4, -0.2) is 17.2 Å². The maximum Gasteiger partial charge on any atom is 0.229 e. The molecule has 0 fully saturated rings. The van der Waals surface area contributed by atoms with E-state index in [1.807, 2.05) is 65.0 Å². The Morgan fingerprint density at radius 3 is 1.67 bits per heavy atom. The van der Waals surface area contributed by atoms with Crippen molar-refractivity contribution in [2.75, 3.05) is 6.16 Å². The number of hydrogen-bond acceptors (Lipinski definition) is 3. The molecule has 2 rings (SSSR count). The van der Waals surface area contributed by atoms with E-state index in [0.29, 0.717) is 17.5 Å². The number of carbonyl (C=O) groups excluding carboxylic acids is 2. The number of hydrogen-bond donors (Lipinski definition) is 0. The van der Waals surface area contributed by atoms with E-state index >= 15 is 0 Å². The number of aryl methyl sites for hydroxylation is 4. The van der Waals surface area contributed by atoms with E-state index in [2.05, 4.69) is 20.8 Å². The average molecular weight is 427 g/mol. The molecule has 0 radical (unpaired) electrons. The smallest absolute Gasteiger partial charge is 0.229 e. The summed E-state index contributed by atoms with van der Waals surface area (Å²) in [5.41, 5.74) is 4.08. The molecule has 0 spiro atoms. The van der Waals surface area contributed by atoms with Crippen LogP contribution < -0.4 is 0 Å². The van der Waals surface area contributed by atoms with Gasteiger partial charge in [-0.15, -0.1) is 0 Å². The van der Waals surface area contributed by atoms with Gasteiger partial charge in [0.25, 0.3) is 0 Å². The van der Waals surface area contributed by atoms with E-state index in [9.17, 15) is 14.2 Å². The zero-order valence-corrected chi connectivity index (χ0v) is 20.6. The first kappa shape index (κ1) is 24.3. The molecule has 1 atom stereocenters. The van der Waals surface area contributed by atoms with Crippen molar-refractivity contribution in [1.29, 1.82) is 0 Å². The lowest BCUT2D eigenvalue weighted by atomic mass is 9.84. The molecule has 2 aromatic rings. The predicted octanol–water partition coefficient (Wildman–Crippen LogP) is 7.36. The van der Waals surface area contributed by atoms with Crippen molar-refractivity contribution in [3.8, 4) is 0 Å². The number of carbonyl (C=O) groups is 2. The standard InChI is InChI=1S/C26H35O3P/c1-9-10-14-30(29,24(27)22-17(2)12-11-13-18(22)3)25(28)23-19(4)15-21(16-20(23)5)26(6,7)8/h11-13,15-16H,9-10,14H2,1-8H3. The number of benzene rings is 2. The Labute approximate surface area is 181 Å². The van der Waals surface area contributed by atoms with Crippen molar-refractivity contribution in [2.45, 2.75) is 73.6 Å². The molecule has 30 heavy (non-hydrogen) atoms. The molecule has 0 saturated heterocycles. The minimum atomic E-state index is -3.80. The van der Waals surface area contributed by atoms with Crippen molar-refractivity contribution in [1.82, 2.24) is 0 Å². The molecule has 0 aliphatic rings. The van der Waals surface area contributed by atoms with Crippen LogP contribution in [0.4, 0.5) is 0 Å². The molecule has 0 aliphatic carbocycles. The van der Waals surface area contributed by atoms with Crippen LogP contribution >= 0.6 is 7.14 Å². The lowest BCUT2D eigenvalue weighted by Crippen LogP contribution is -2.18. The second-order valence-electron chi connectivity index (χ2n) is 9.43. The molecule has 0 N–H and O–H groups in total. The summed E-state index contributed by atoms with van der Waals surface area (Å²) in [7, 11) is -3.80. The molecule has 2 aromatic carbocycles. The Hall–Kier alpha value is -1.99. The van der Waals surface area contributed by atoms with Gasteiger partial charge in [-0.05, 0) is 67.3 Å². The van der Waals surface area contributed by atoms with Gasteiger partial charge < -0.3 is 4.57 Å². The Morgan fingerprint density at radius 2 is 1.27 bits per heavy atom. The summed E-state index contributed by atoms with van der Waals surface area (Å²) in [6, 6.07) is 9.54. The predicted molar refractivity (Wildman–Crippen MR) is 127 cm³/mol. The van der Waals surface area contributed by atoms with Crippen LogP contribution in [0.3, 0.4) is 0 Å². The number of unbranched alkanes of at least 4 members (excludes halogenated alkanes) is 1. The van der Waals surface area contributed by atoms with Crippen LogP contribution in [0, 0.1) is 27.7 Å². The maximum absolute atomic E-state index is 14.2.